The summed E-state index contributed by atoms with van der Waals surface area (Å²) in [6.07, 6.45) is 3.92. The zero-order valence-electron chi connectivity index (χ0n) is 12.3. The third-order valence-corrected chi connectivity index (χ3v) is 6.89. The SMILES string of the molecule is O=c1cc2c(nn1CCNS(=O)(=O)c1ccc(Cl)s1)CCCC2. The van der Waals surface area contributed by atoms with Crippen LogP contribution in [-0.2, 0) is 29.4 Å². The summed E-state index contributed by atoms with van der Waals surface area (Å²) in [5.74, 6) is 0. The van der Waals surface area contributed by atoms with Crippen LogP contribution in [0.5, 0.6) is 0 Å². The minimum Gasteiger partial charge on any atom is -0.268 e. The van der Waals surface area contributed by atoms with Crippen LogP contribution in [0.1, 0.15) is 24.1 Å². The van der Waals surface area contributed by atoms with E-state index in [2.05, 4.69) is 9.82 Å². The van der Waals surface area contributed by atoms with Crippen molar-refractivity contribution in [1.82, 2.24) is 14.5 Å². The second-order valence-electron chi connectivity index (χ2n) is 5.34. The molecule has 2 heterocycles. The molecule has 2 aromatic heterocycles. The van der Waals surface area contributed by atoms with Gasteiger partial charge in [-0.3, -0.25) is 4.79 Å². The van der Waals surface area contributed by atoms with Crippen LogP contribution in [0.15, 0.2) is 27.2 Å². The molecule has 0 radical (unpaired) electrons. The molecular formula is C14H16ClN3O3S2. The molecule has 0 unspecified atom stereocenters. The van der Waals surface area contributed by atoms with Crippen LogP contribution in [0.25, 0.3) is 0 Å². The zero-order valence-corrected chi connectivity index (χ0v) is 14.7. The van der Waals surface area contributed by atoms with Crippen molar-refractivity contribution < 1.29 is 8.42 Å². The number of hydrogen-bond acceptors (Lipinski definition) is 5. The molecule has 23 heavy (non-hydrogen) atoms. The number of sulfonamides is 1. The van der Waals surface area contributed by atoms with E-state index in [4.69, 9.17) is 11.6 Å². The fourth-order valence-corrected chi connectivity index (χ4v) is 5.11. The molecule has 0 saturated heterocycles. The molecule has 0 aromatic carbocycles. The standard InChI is InChI=1S/C14H16ClN3O3S2/c15-12-5-6-14(22-12)23(20,21)16-7-8-18-13(19)9-10-3-1-2-4-11(10)17-18/h5-6,9,16H,1-4,7-8H2. The summed E-state index contributed by atoms with van der Waals surface area (Å²) in [7, 11) is -3.60. The van der Waals surface area contributed by atoms with Crippen molar-refractivity contribution in [3.63, 3.8) is 0 Å². The molecule has 0 saturated carbocycles. The number of nitrogens with zero attached hydrogens (tertiary/aromatic N) is 2. The molecule has 0 spiro atoms. The number of nitrogens with one attached hydrogen (secondary N) is 1. The molecule has 1 N–H and O–H groups in total. The monoisotopic (exact) mass is 373 g/mol. The minimum absolute atomic E-state index is 0.101. The summed E-state index contributed by atoms with van der Waals surface area (Å²) in [4.78, 5) is 12.0. The van der Waals surface area contributed by atoms with Gasteiger partial charge in [0.15, 0.2) is 0 Å². The molecule has 0 bridgehead atoms. The molecule has 0 amide bonds. The largest absolute Gasteiger partial charge is 0.268 e. The van der Waals surface area contributed by atoms with Crippen LogP contribution in [0.4, 0.5) is 0 Å². The summed E-state index contributed by atoms with van der Waals surface area (Å²) >= 11 is 6.75. The second-order valence-corrected chi connectivity index (χ2v) is 9.05. The lowest BCUT2D eigenvalue weighted by atomic mass is 9.97. The molecule has 124 valence electrons. The number of aryl methyl sites for hydroxylation is 2. The molecule has 9 heteroatoms. The van der Waals surface area contributed by atoms with Gasteiger partial charge < -0.3 is 0 Å². The predicted octanol–water partition coefficient (Wildman–Crippen LogP) is 1.82. The highest BCUT2D eigenvalue weighted by atomic mass is 35.5. The second kappa shape index (κ2) is 6.72. The highest BCUT2D eigenvalue weighted by Gasteiger charge is 2.17. The highest BCUT2D eigenvalue weighted by molar-refractivity contribution is 7.91. The number of aromatic nitrogens is 2. The first kappa shape index (κ1) is 16.6. The van der Waals surface area contributed by atoms with E-state index in [1.165, 1.54) is 16.8 Å². The van der Waals surface area contributed by atoms with Crippen molar-refractivity contribution in [2.24, 2.45) is 0 Å². The van der Waals surface area contributed by atoms with E-state index in [0.29, 0.717) is 4.34 Å². The number of fused-ring (bicyclic) bond motifs is 1. The number of halogens is 1. The van der Waals surface area contributed by atoms with Gasteiger partial charge in [0.2, 0.25) is 10.0 Å². The fraction of sp³-hybridized carbons (Fsp3) is 0.429. The van der Waals surface area contributed by atoms with Gasteiger partial charge in [-0.1, -0.05) is 11.6 Å². The first-order chi connectivity index (χ1) is 11.0. The predicted molar refractivity (Wildman–Crippen MR) is 89.7 cm³/mol. The average Bonchev–Trinajstić information content (AvgIpc) is 2.95. The van der Waals surface area contributed by atoms with E-state index in [0.717, 1.165) is 48.3 Å². The Labute approximate surface area is 143 Å². The maximum Gasteiger partial charge on any atom is 0.267 e. The highest BCUT2D eigenvalue weighted by Crippen LogP contribution is 2.25. The lowest BCUT2D eigenvalue weighted by Crippen LogP contribution is -2.33. The fourth-order valence-electron chi connectivity index (χ4n) is 2.56. The van der Waals surface area contributed by atoms with Crippen molar-refractivity contribution in [3.05, 3.63) is 44.1 Å². The lowest BCUT2D eigenvalue weighted by Gasteiger charge is -2.15. The molecule has 2 aromatic rings. The number of thiophene rings is 1. The van der Waals surface area contributed by atoms with E-state index >= 15 is 0 Å². The van der Waals surface area contributed by atoms with Crippen LogP contribution in [-0.4, -0.2) is 24.7 Å². The Morgan fingerprint density at radius 2 is 2.09 bits per heavy atom. The van der Waals surface area contributed by atoms with Gasteiger partial charge >= 0.3 is 0 Å². The molecule has 6 nitrogen and oxygen atoms in total. The van der Waals surface area contributed by atoms with Gasteiger partial charge in [0.25, 0.3) is 5.56 Å². The quantitative estimate of drug-likeness (QED) is 0.866. The van der Waals surface area contributed by atoms with Gasteiger partial charge in [-0.2, -0.15) is 5.10 Å². The van der Waals surface area contributed by atoms with Crippen molar-refractivity contribution in [2.45, 2.75) is 36.4 Å². The summed E-state index contributed by atoms with van der Waals surface area (Å²) in [6, 6.07) is 4.62. The van der Waals surface area contributed by atoms with Gasteiger partial charge in [-0.25, -0.2) is 17.8 Å². The van der Waals surface area contributed by atoms with Crippen LogP contribution in [0, 0.1) is 0 Å². The van der Waals surface area contributed by atoms with Crippen LogP contribution < -0.4 is 10.3 Å². The molecule has 3 rings (SSSR count). The number of hydrogen-bond donors (Lipinski definition) is 1. The van der Waals surface area contributed by atoms with Gasteiger partial charge in [-0.05, 0) is 43.4 Å². The van der Waals surface area contributed by atoms with Gasteiger partial charge in [0.1, 0.15) is 4.21 Å². The molecule has 0 fully saturated rings. The smallest absolute Gasteiger partial charge is 0.267 e. The topological polar surface area (TPSA) is 81.1 Å². The maximum absolute atomic E-state index is 12.1. The third kappa shape index (κ3) is 3.82. The lowest BCUT2D eigenvalue weighted by molar-refractivity contribution is 0.527. The summed E-state index contributed by atoms with van der Waals surface area (Å²) in [5, 5.41) is 4.36. The first-order valence-electron chi connectivity index (χ1n) is 7.31. The van der Waals surface area contributed by atoms with Crippen molar-refractivity contribution in [3.8, 4) is 0 Å². The average molecular weight is 374 g/mol. The third-order valence-electron chi connectivity index (χ3n) is 3.70. The summed E-state index contributed by atoms with van der Waals surface area (Å²) in [5.41, 5.74) is 1.78. The van der Waals surface area contributed by atoms with Crippen molar-refractivity contribution in [1.29, 1.82) is 0 Å². The van der Waals surface area contributed by atoms with Gasteiger partial charge in [0, 0.05) is 12.6 Å². The first-order valence-corrected chi connectivity index (χ1v) is 9.98. The van der Waals surface area contributed by atoms with Crippen LogP contribution in [0.3, 0.4) is 0 Å². The van der Waals surface area contributed by atoms with E-state index in [1.807, 2.05) is 0 Å². The Kier molecular flexibility index (Phi) is 4.86. The molecular weight excluding hydrogens is 358 g/mol. The molecule has 1 aliphatic rings. The Hall–Kier alpha value is -1.22. The number of rotatable bonds is 5. The zero-order chi connectivity index (χ0) is 16.4. The Bertz CT molecular complexity index is 874. The molecule has 1 aliphatic carbocycles. The molecule has 0 atom stereocenters. The van der Waals surface area contributed by atoms with E-state index in [1.54, 1.807) is 6.07 Å². The van der Waals surface area contributed by atoms with Crippen LogP contribution in [0.2, 0.25) is 4.34 Å². The Morgan fingerprint density at radius 3 is 2.83 bits per heavy atom. The maximum atomic E-state index is 12.1. The summed E-state index contributed by atoms with van der Waals surface area (Å²) < 4.78 is 28.5. The summed E-state index contributed by atoms with van der Waals surface area (Å²) in [6.45, 7) is 0.300. The normalized spacial score (nSPS) is 14.7. The van der Waals surface area contributed by atoms with Crippen molar-refractivity contribution in [2.75, 3.05) is 6.54 Å². The van der Waals surface area contributed by atoms with Crippen molar-refractivity contribution >= 4 is 33.0 Å². The molecule has 0 aliphatic heterocycles. The van der Waals surface area contributed by atoms with Gasteiger partial charge in [0.05, 0.1) is 16.6 Å². The van der Waals surface area contributed by atoms with E-state index < -0.39 is 10.0 Å². The van der Waals surface area contributed by atoms with E-state index in [9.17, 15) is 13.2 Å². The Morgan fingerprint density at radius 1 is 1.30 bits per heavy atom. The Balaban J connectivity index is 1.68. The van der Waals surface area contributed by atoms with Gasteiger partial charge in [-0.15, -0.1) is 11.3 Å². The van der Waals surface area contributed by atoms with E-state index in [-0.39, 0.29) is 22.9 Å². The van der Waals surface area contributed by atoms with Crippen LogP contribution >= 0.6 is 22.9 Å². The minimum atomic E-state index is -3.60.